The Morgan fingerprint density at radius 1 is 0.963 bits per heavy atom. The zero-order valence-corrected chi connectivity index (χ0v) is 17.0. The van der Waals surface area contributed by atoms with Crippen LogP contribution < -0.4 is 10.6 Å². The Hall–Kier alpha value is -1.79. The molecule has 0 radical (unpaired) electrons. The van der Waals surface area contributed by atoms with Gasteiger partial charge in [0.2, 0.25) is 11.8 Å². The van der Waals surface area contributed by atoms with Gasteiger partial charge in [0.15, 0.2) is 0 Å². The van der Waals surface area contributed by atoms with Crippen LogP contribution in [0.2, 0.25) is 15.1 Å². The number of amides is 2. The molecule has 0 saturated carbocycles. The molecule has 0 bridgehead atoms. The lowest BCUT2D eigenvalue weighted by Crippen LogP contribution is -2.35. The number of nitrogens with zero attached hydrogens (tertiary/aromatic N) is 1. The lowest BCUT2D eigenvalue weighted by Gasteiger charge is -2.20. The summed E-state index contributed by atoms with van der Waals surface area (Å²) in [4.78, 5) is 26.2. The Labute approximate surface area is 173 Å². The molecule has 0 saturated heterocycles. The minimum atomic E-state index is -0.248. The van der Waals surface area contributed by atoms with Crippen molar-refractivity contribution in [1.29, 1.82) is 0 Å². The Bertz CT molecular complexity index is 794. The summed E-state index contributed by atoms with van der Waals surface area (Å²) in [6.07, 6.45) is 0.250. The minimum absolute atomic E-state index is 0.127. The van der Waals surface area contributed by atoms with E-state index in [4.69, 9.17) is 34.8 Å². The fraction of sp³-hybridized carbons (Fsp3) is 0.263. The number of halogens is 3. The molecule has 2 N–H and O–H groups in total. The third-order valence-electron chi connectivity index (χ3n) is 3.81. The summed E-state index contributed by atoms with van der Waals surface area (Å²) >= 11 is 18.0. The van der Waals surface area contributed by atoms with Crippen molar-refractivity contribution in [2.75, 3.05) is 30.3 Å². The van der Waals surface area contributed by atoms with Crippen molar-refractivity contribution < 1.29 is 9.59 Å². The topological polar surface area (TPSA) is 61.4 Å². The van der Waals surface area contributed by atoms with Gasteiger partial charge in [-0.05, 0) is 36.9 Å². The van der Waals surface area contributed by atoms with Crippen LogP contribution in [0.15, 0.2) is 42.5 Å². The van der Waals surface area contributed by atoms with Gasteiger partial charge in [-0.2, -0.15) is 0 Å². The van der Waals surface area contributed by atoms with Gasteiger partial charge in [0.05, 0.1) is 22.3 Å². The third-order valence-corrected chi connectivity index (χ3v) is 4.67. The van der Waals surface area contributed by atoms with Gasteiger partial charge in [0.1, 0.15) is 0 Å². The van der Waals surface area contributed by atoms with Crippen molar-refractivity contribution in [2.45, 2.75) is 13.3 Å². The number of carbonyl (C=O) groups excluding carboxylic acids is 2. The van der Waals surface area contributed by atoms with Gasteiger partial charge in [0.25, 0.3) is 0 Å². The molecule has 0 heterocycles. The van der Waals surface area contributed by atoms with Crippen LogP contribution in [-0.4, -0.2) is 36.3 Å². The van der Waals surface area contributed by atoms with E-state index in [2.05, 4.69) is 10.6 Å². The molecular weight excluding hydrogens is 409 g/mol. The van der Waals surface area contributed by atoms with E-state index in [9.17, 15) is 9.59 Å². The molecule has 144 valence electrons. The zero-order valence-electron chi connectivity index (χ0n) is 14.8. The first-order chi connectivity index (χ1) is 12.9. The maximum Gasteiger partial charge on any atom is 0.238 e. The number of benzene rings is 2. The van der Waals surface area contributed by atoms with Crippen LogP contribution in [0.1, 0.15) is 13.3 Å². The molecule has 27 heavy (non-hydrogen) atoms. The van der Waals surface area contributed by atoms with Crippen LogP contribution >= 0.6 is 34.8 Å². The van der Waals surface area contributed by atoms with Crippen molar-refractivity contribution in [2.24, 2.45) is 0 Å². The third kappa shape index (κ3) is 7.03. The molecule has 0 aliphatic carbocycles. The van der Waals surface area contributed by atoms with E-state index >= 15 is 0 Å². The Balaban J connectivity index is 1.84. The van der Waals surface area contributed by atoms with Crippen LogP contribution in [0.5, 0.6) is 0 Å². The second-order valence-electron chi connectivity index (χ2n) is 5.82. The van der Waals surface area contributed by atoms with Crippen molar-refractivity contribution in [3.63, 3.8) is 0 Å². The summed E-state index contributed by atoms with van der Waals surface area (Å²) in [7, 11) is 0. The molecule has 0 unspecified atom stereocenters. The highest BCUT2D eigenvalue weighted by Gasteiger charge is 2.14. The summed E-state index contributed by atoms with van der Waals surface area (Å²) in [6.45, 7) is 3.10. The van der Waals surface area contributed by atoms with Gasteiger partial charge < -0.3 is 10.6 Å². The molecule has 0 aliphatic heterocycles. The summed E-state index contributed by atoms with van der Waals surface area (Å²) < 4.78 is 0. The van der Waals surface area contributed by atoms with Crippen molar-refractivity contribution in [3.8, 4) is 0 Å². The molecule has 0 aromatic heterocycles. The van der Waals surface area contributed by atoms with Gasteiger partial charge in [0, 0.05) is 23.7 Å². The van der Waals surface area contributed by atoms with Crippen LogP contribution in [0, 0.1) is 0 Å². The second kappa shape index (κ2) is 10.5. The average molecular weight is 429 g/mol. The lowest BCUT2D eigenvalue weighted by molar-refractivity contribution is -0.119. The van der Waals surface area contributed by atoms with Gasteiger partial charge in [-0.3, -0.25) is 14.5 Å². The number of anilines is 2. The molecule has 8 heteroatoms. The highest BCUT2D eigenvalue weighted by molar-refractivity contribution is 6.39. The molecule has 0 aliphatic rings. The van der Waals surface area contributed by atoms with Crippen LogP contribution in [0.3, 0.4) is 0 Å². The maximum atomic E-state index is 12.3. The first kappa shape index (κ1) is 21.5. The number of hydrogen-bond donors (Lipinski definition) is 2. The fourth-order valence-electron chi connectivity index (χ4n) is 2.40. The predicted octanol–water partition coefficient (Wildman–Crippen LogP) is 4.94. The Morgan fingerprint density at radius 2 is 1.63 bits per heavy atom. The predicted molar refractivity (Wildman–Crippen MR) is 112 cm³/mol. The van der Waals surface area contributed by atoms with Gasteiger partial charge in [-0.1, -0.05) is 53.9 Å². The molecule has 2 amide bonds. The van der Waals surface area contributed by atoms with E-state index in [1.165, 1.54) is 0 Å². The first-order valence-electron chi connectivity index (χ1n) is 8.40. The highest BCUT2D eigenvalue weighted by Crippen LogP contribution is 2.29. The van der Waals surface area contributed by atoms with Gasteiger partial charge in [-0.15, -0.1) is 0 Å². The zero-order chi connectivity index (χ0) is 19.8. The summed E-state index contributed by atoms with van der Waals surface area (Å²) in [6, 6.07) is 12.0. The number of hydrogen-bond acceptors (Lipinski definition) is 3. The van der Waals surface area contributed by atoms with Gasteiger partial charge >= 0.3 is 0 Å². The van der Waals surface area contributed by atoms with E-state index in [1.807, 2.05) is 11.8 Å². The number of likely N-dealkylation sites (N-methyl/N-ethyl adjacent to an activating group) is 1. The molecule has 0 fully saturated rings. The van der Waals surface area contributed by atoms with Crippen LogP contribution in [0.25, 0.3) is 0 Å². The van der Waals surface area contributed by atoms with Crippen LogP contribution in [-0.2, 0) is 9.59 Å². The minimum Gasteiger partial charge on any atom is -0.326 e. The lowest BCUT2D eigenvalue weighted by atomic mass is 10.3. The maximum absolute atomic E-state index is 12.3. The molecule has 2 aromatic carbocycles. The van der Waals surface area contributed by atoms with E-state index in [0.717, 1.165) is 0 Å². The van der Waals surface area contributed by atoms with E-state index in [-0.39, 0.29) is 24.8 Å². The largest absolute Gasteiger partial charge is 0.326 e. The van der Waals surface area contributed by atoms with Crippen molar-refractivity contribution in [3.05, 3.63) is 57.5 Å². The quantitative estimate of drug-likeness (QED) is 0.626. The standard InChI is InChI=1S/C19H20Cl3N3O2/c1-2-25(10-9-17(26)23-14-6-3-5-13(20)11-14)12-18(27)24-19-15(21)7-4-8-16(19)22/h3-8,11H,2,9-10,12H2,1H3,(H,23,26)(H,24,27). The monoisotopic (exact) mass is 427 g/mol. The number of rotatable bonds is 8. The summed E-state index contributed by atoms with van der Waals surface area (Å²) in [5, 5.41) is 6.81. The second-order valence-corrected chi connectivity index (χ2v) is 7.07. The van der Waals surface area contributed by atoms with Crippen LogP contribution in [0.4, 0.5) is 11.4 Å². The molecule has 0 spiro atoms. The smallest absolute Gasteiger partial charge is 0.238 e. The van der Waals surface area contributed by atoms with Crippen molar-refractivity contribution in [1.82, 2.24) is 4.90 Å². The normalized spacial score (nSPS) is 10.7. The molecule has 2 rings (SSSR count). The number of carbonyl (C=O) groups is 2. The summed E-state index contributed by atoms with van der Waals surface area (Å²) in [5.41, 5.74) is 1.03. The van der Waals surface area contributed by atoms with E-state index < -0.39 is 0 Å². The Morgan fingerprint density at radius 3 is 2.26 bits per heavy atom. The SMILES string of the molecule is CCN(CCC(=O)Nc1cccc(Cl)c1)CC(=O)Nc1c(Cl)cccc1Cl. The molecular formula is C19H20Cl3N3O2. The van der Waals surface area contributed by atoms with E-state index in [0.29, 0.717) is 39.5 Å². The van der Waals surface area contributed by atoms with E-state index in [1.54, 1.807) is 42.5 Å². The summed E-state index contributed by atoms with van der Waals surface area (Å²) in [5.74, 6) is -0.396. The Kier molecular flexibility index (Phi) is 8.38. The molecule has 5 nitrogen and oxygen atoms in total. The first-order valence-corrected chi connectivity index (χ1v) is 9.54. The number of para-hydroxylation sites is 1. The highest BCUT2D eigenvalue weighted by atomic mass is 35.5. The number of nitrogens with one attached hydrogen (secondary N) is 2. The molecule has 2 aromatic rings. The average Bonchev–Trinajstić information content (AvgIpc) is 2.62. The molecule has 0 atom stereocenters. The van der Waals surface area contributed by atoms with Crippen molar-refractivity contribution >= 4 is 58.0 Å². The fourth-order valence-corrected chi connectivity index (χ4v) is 3.08. The van der Waals surface area contributed by atoms with Gasteiger partial charge in [-0.25, -0.2) is 0 Å².